The van der Waals surface area contributed by atoms with Crippen molar-refractivity contribution in [3.63, 3.8) is 0 Å². The highest BCUT2D eigenvalue weighted by molar-refractivity contribution is 14.0. The molecular formula is C18H32IN5. The van der Waals surface area contributed by atoms with Gasteiger partial charge in [-0.3, -0.25) is 9.98 Å². The molecule has 1 aromatic rings. The minimum absolute atomic E-state index is 0. The van der Waals surface area contributed by atoms with Crippen LogP contribution in [0.3, 0.4) is 0 Å². The van der Waals surface area contributed by atoms with E-state index in [2.05, 4.69) is 27.2 Å². The third-order valence-electron chi connectivity index (χ3n) is 4.56. The van der Waals surface area contributed by atoms with Gasteiger partial charge in [0, 0.05) is 37.4 Å². The van der Waals surface area contributed by atoms with Crippen molar-refractivity contribution >= 4 is 29.9 Å². The van der Waals surface area contributed by atoms with E-state index < -0.39 is 0 Å². The normalized spacial score (nSPS) is 16.0. The molecule has 1 aliphatic rings. The second-order valence-corrected chi connectivity index (χ2v) is 6.39. The van der Waals surface area contributed by atoms with Gasteiger partial charge in [-0.05, 0) is 45.0 Å². The van der Waals surface area contributed by atoms with Crippen LogP contribution in [0, 0.1) is 0 Å². The van der Waals surface area contributed by atoms with Crippen molar-refractivity contribution in [1.82, 2.24) is 15.2 Å². The summed E-state index contributed by atoms with van der Waals surface area (Å²) in [6, 6.07) is 6.73. The molecule has 0 atom stereocenters. The maximum Gasteiger partial charge on any atom is 0.188 e. The molecule has 0 amide bonds. The summed E-state index contributed by atoms with van der Waals surface area (Å²) in [5, 5.41) is 3.16. The van der Waals surface area contributed by atoms with Crippen molar-refractivity contribution < 1.29 is 0 Å². The maximum atomic E-state index is 5.90. The largest absolute Gasteiger partial charge is 0.370 e. The zero-order chi connectivity index (χ0) is 16.3. The van der Waals surface area contributed by atoms with Gasteiger partial charge in [-0.1, -0.05) is 25.3 Å². The zero-order valence-corrected chi connectivity index (χ0v) is 17.1. The Morgan fingerprint density at radius 1 is 1.33 bits per heavy atom. The molecule has 0 unspecified atom stereocenters. The van der Waals surface area contributed by atoms with Crippen molar-refractivity contribution in [2.75, 3.05) is 26.7 Å². The fraction of sp³-hybridized carbons (Fsp3) is 0.667. The van der Waals surface area contributed by atoms with Crippen LogP contribution in [0.15, 0.2) is 29.4 Å². The Balaban J connectivity index is 0.00000288. The molecule has 0 aliphatic heterocycles. The molecule has 0 aromatic carbocycles. The Morgan fingerprint density at radius 2 is 2.12 bits per heavy atom. The lowest BCUT2D eigenvalue weighted by molar-refractivity contribution is 0.191. The van der Waals surface area contributed by atoms with Crippen LogP contribution in [0.4, 0.5) is 0 Å². The summed E-state index contributed by atoms with van der Waals surface area (Å²) < 4.78 is 0. The number of nitrogens with one attached hydrogen (secondary N) is 1. The van der Waals surface area contributed by atoms with Crippen molar-refractivity contribution in [2.24, 2.45) is 10.7 Å². The number of halogens is 1. The number of nitrogens with zero attached hydrogens (tertiary/aromatic N) is 3. The smallest absolute Gasteiger partial charge is 0.188 e. The molecule has 0 radical (unpaired) electrons. The van der Waals surface area contributed by atoms with Gasteiger partial charge in [-0.15, -0.1) is 24.0 Å². The molecule has 1 fully saturated rings. The van der Waals surface area contributed by atoms with Crippen molar-refractivity contribution in [3.8, 4) is 0 Å². The van der Waals surface area contributed by atoms with Gasteiger partial charge in [0.15, 0.2) is 5.96 Å². The van der Waals surface area contributed by atoms with Gasteiger partial charge < -0.3 is 16.0 Å². The first-order valence-electron chi connectivity index (χ1n) is 8.89. The lowest BCUT2D eigenvalue weighted by Gasteiger charge is -2.30. The molecule has 1 saturated carbocycles. The van der Waals surface area contributed by atoms with Gasteiger partial charge in [0.2, 0.25) is 0 Å². The van der Waals surface area contributed by atoms with E-state index in [9.17, 15) is 0 Å². The Morgan fingerprint density at radius 3 is 2.83 bits per heavy atom. The topological polar surface area (TPSA) is 66.5 Å². The van der Waals surface area contributed by atoms with Crippen LogP contribution in [-0.2, 0) is 6.42 Å². The summed E-state index contributed by atoms with van der Waals surface area (Å²) in [4.78, 5) is 11.2. The van der Waals surface area contributed by atoms with Gasteiger partial charge in [-0.2, -0.15) is 0 Å². The van der Waals surface area contributed by atoms with E-state index in [0.717, 1.165) is 44.2 Å². The zero-order valence-electron chi connectivity index (χ0n) is 14.8. The molecule has 0 spiro atoms. The highest BCUT2D eigenvalue weighted by atomic mass is 127. The van der Waals surface area contributed by atoms with Gasteiger partial charge in [-0.25, -0.2) is 0 Å². The van der Waals surface area contributed by atoms with E-state index >= 15 is 0 Å². The molecule has 24 heavy (non-hydrogen) atoms. The highest BCUT2D eigenvalue weighted by Gasteiger charge is 2.16. The summed E-state index contributed by atoms with van der Waals surface area (Å²) in [5.41, 5.74) is 6.97. The SMILES string of the molecule is CN(CCCN=C(N)NCCc1ccccn1)C1CCCCC1.I. The summed E-state index contributed by atoms with van der Waals surface area (Å²) in [6.45, 7) is 2.67. The molecule has 1 aliphatic carbocycles. The minimum atomic E-state index is 0. The predicted octanol–water partition coefficient (Wildman–Crippen LogP) is 2.80. The van der Waals surface area contributed by atoms with E-state index in [-0.39, 0.29) is 24.0 Å². The first kappa shape index (κ1) is 21.2. The first-order chi connectivity index (χ1) is 11.3. The number of pyridine rings is 1. The second kappa shape index (κ2) is 12.5. The van der Waals surface area contributed by atoms with Gasteiger partial charge in [0.1, 0.15) is 0 Å². The van der Waals surface area contributed by atoms with Crippen LogP contribution in [0.5, 0.6) is 0 Å². The van der Waals surface area contributed by atoms with Crippen molar-refractivity contribution in [1.29, 1.82) is 0 Å². The Bertz CT molecular complexity index is 460. The summed E-state index contributed by atoms with van der Waals surface area (Å²) >= 11 is 0. The summed E-state index contributed by atoms with van der Waals surface area (Å²) in [5.74, 6) is 0.543. The predicted molar refractivity (Wildman–Crippen MR) is 112 cm³/mol. The van der Waals surface area contributed by atoms with Crippen LogP contribution >= 0.6 is 24.0 Å². The number of rotatable bonds is 8. The van der Waals surface area contributed by atoms with Crippen molar-refractivity contribution in [2.45, 2.75) is 51.0 Å². The number of hydrogen-bond acceptors (Lipinski definition) is 3. The molecule has 2 rings (SSSR count). The van der Waals surface area contributed by atoms with E-state index in [1.54, 1.807) is 0 Å². The number of hydrogen-bond donors (Lipinski definition) is 2. The molecular weight excluding hydrogens is 413 g/mol. The molecule has 6 heteroatoms. The third kappa shape index (κ3) is 8.28. The second-order valence-electron chi connectivity index (χ2n) is 6.39. The first-order valence-corrected chi connectivity index (χ1v) is 8.89. The van der Waals surface area contributed by atoms with Crippen LogP contribution < -0.4 is 11.1 Å². The molecule has 1 aromatic heterocycles. The van der Waals surface area contributed by atoms with Crippen molar-refractivity contribution in [3.05, 3.63) is 30.1 Å². The van der Waals surface area contributed by atoms with Gasteiger partial charge in [0.05, 0.1) is 0 Å². The van der Waals surface area contributed by atoms with E-state index in [1.807, 2.05) is 24.4 Å². The molecule has 136 valence electrons. The summed E-state index contributed by atoms with van der Waals surface area (Å²) in [6.07, 6.45) is 10.6. The quantitative estimate of drug-likeness (QED) is 0.280. The number of aromatic nitrogens is 1. The lowest BCUT2D eigenvalue weighted by Crippen LogP contribution is -2.35. The lowest BCUT2D eigenvalue weighted by atomic mass is 9.94. The molecule has 5 nitrogen and oxygen atoms in total. The van der Waals surface area contributed by atoms with E-state index in [4.69, 9.17) is 5.73 Å². The number of guanidine groups is 1. The van der Waals surface area contributed by atoms with Crippen LogP contribution in [0.2, 0.25) is 0 Å². The van der Waals surface area contributed by atoms with Crippen LogP contribution in [0.1, 0.15) is 44.2 Å². The maximum absolute atomic E-state index is 5.90. The average Bonchev–Trinajstić information content (AvgIpc) is 2.60. The van der Waals surface area contributed by atoms with Gasteiger partial charge in [0.25, 0.3) is 0 Å². The molecule has 3 N–H and O–H groups in total. The monoisotopic (exact) mass is 445 g/mol. The van der Waals surface area contributed by atoms with Crippen LogP contribution in [-0.4, -0.2) is 48.6 Å². The van der Waals surface area contributed by atoms with Crippen LogP contribution in [0.25, 0.3) is 0 Å². The average molecular weight is 445 g/mol. The minimum Gasteiger partial charge on any atom is -0.370 e. The molecule has 1 heterocycles. The standard InChI is InChI=1S/C18H31N5.HI/c1-23(17-9-3-2-4-10-17)15-7-13-21-18(19)22-14-11-16-8-5-6-12-20-16;/h5-6,8,12,17H,2-4,7,9-11,13-15H2,1H3,(H3,19,21,22);1H. The number of aliphatic imine (C=N–C) groups is 1. The van der Waals surface area contributed by atoms with Gasteiger partial charge >= 0.3 is 0 Å². The van der Waals surface area contributed by atoms with E-state index in [0.29, 0.717) is 5.96 Å². The van der Waals surface area contributed by atoms with E-state index in [1.165, 1.54) is 32.1 Å². The highest BCUT2D eigenvalue weighted by Crippen LogP contribution is 2.21. The number of nitrogens with two attached hydrogens (primary N) is 1. The Kier molecular flexibility index (Phi) is 11.0. The fourth-order valence-electron chi connectivity index (χ4n) is 3.14. The fourth-order valence-corrected chi connectivity index (χ4v) is 3.14. The summed E-state index contributed by atoms with van der Waals surface area (Å²) in [7, 11) is 2.24. The Hall–Kier alpha value is -0.890. The molecule has 0 saturated heterocycles. The Labute approximate surface area is 163 Å². The molecule has 0 bridgehead atoms. The third-order valence-corrected chi connectivity index (χ3v) is 4.56.